The van der Waals surface area contributed by atoms with Gasteiger partial charge in [-0.1, -0.05) is 35.9 Å². The van der Waals surface area contributed by atoms with E-state index in [2.05, 4.69) is 4.99 Å². The lowest BCUT2D eigenvalue weighted by Crippen LogP contribution is -2.64. The van der Waals surface area contributed by atoms with E-state index in [-0.39, 0.29) is 19.1 Å². The Labute approximate surface area is 139 Å². The number of aliphatic hydroxyl groups is 1. The lowest BCUT2D eigenvalue weighted by Gasteiger charge is -2.54. The monoisotopic (exact) mass is 331 g/mol. The number of ether oxygens (including phenoxy) is 2. The molecule has 1 aromatic carbocycles. The van der Waals surface area contributed by atoms with E-state index in [9.17, 15) is 10.0 Å². The molecule has 7 heteroatoms. The highest BCUT2D eigenvalue weighted by Gasteiger charge is 2.52. The van der Waals surface area contributed by atoms with Crippen LogP contribution in [0.3, 0.4) is 0 Å². The van der Waals surface area contributed by atoms with Crippen LogP contribution in [0.5, 0.6) is 0 Å². The summed E-state index contributed by atoms with van der Waals surface area (Å²) in [6, 6.07) is 8.10. The Hall–Kier alpha value is -2.22. The first-order valence-corrected chi connectivity index (χ1v) is 7.71. The largest absolute Gasteiger partial charge is 0.782 e. The van der Waals surface area contributed by atoms with Crippen molar-refractivity contribution in [1.82, 2.24) is 5.06 Å². The molecule has 0 radical (unpaired) electrons. The zero-order valence-corrected chi connectivity index (χ0v) is 13.5. The number of hydrogen-bond acceptors (Lipinski definition) is 7. The van der Waals surface area contributed by atoms with Crippen LogP contribution in [0.25, 0.3) is 0 Å². The quantitative estimate of drug-likeness (QED) is 0.647. The van der Waals surface area contributed by atoms with Crippen LogP contribution < -0.4 is 0 Å². The van der Waals surface area contributed by atoms with Gasteiger partial charge in [-0.15, -0.1) is 0 Å². The van der Waals surface area contributed by atoms with Crippen LogP contribution in [0, 0.1) is 5.21 Å². The first-order valence-electron chi connectivity index (χ1n) is 7.71. The normalized spacial score (nSPS) is 25.2. The Morgan fingerprint density at radius 1 is 1.38 bits per heavy atom. The summed E-state index contributed by atoms with van der Waals surface area (Å²) in [6.45, 7) is 3.29. The molecule has 1 N–H and O–H groups in total. The number of rotatable bonds is 5. The van der Waals surface area contributed by atoms with Crippen molar-refractivity contribution in [2.24, 2.45) is 4.99 Å². The molecule has 2 aliphatic rings. The molecule has 0 spiro atoms. The highest BCUT2D eigenvalue weighted by molar-refractivity contribution is 5.91. The lowest BCUT2D eigenvalue weighted by molar-refractivity contribution is -0.143. The fraction of sp³-hybridized carbons (Fsp3) is 0.412. The van der Waals surface area contributed by atoms with Crippen molar-refractivity contribution in [1.29, 1.82) is 0 Å². The highest BCUT2D eigenvalue weighted by atomic mass is 16.6. The summed E-state index contributed by atoms with van der Waals surface area (Å²) < 4.78 is 10.6. The Bertz CT molecular complexity index is 681. The van der Waals surface area contributed by atoms with Gasteiger partial charge < -0.3 is 24.9 Å². The summed E-state index contributed by atoms with van der Waals surface area (Å²) in [7, 11) is 0. The van der Waals surface area contributed by atoms with Gasteiger partial charge in [-0.3, -0.25) is 0 Å². The maximum atomic E-state index is 12.5. The number of aliphatic hydroxyl groups excluding tert-OH is 1. The number of hydrogen-bond donors (Lipinski definition) is 1. The van der Waals surface area contributed by atoms with E-state index in [0.29, 0.717) is 16.2 Å². The second kappa shape index (κ2) is 6.72. The minimum atomic E-state index is -0.770. The molecule has 2 aliphatic heterocycles. The van der Waals surface area contributed by atoms with E-state index in [0.717, 1.165) is 5.56 Å². The first kappa shape index (κ1) is 16.6. The van der Waals surface area contributed by atoms with Crippen molar-refractivity contribution in [3.63, 3.8) is 0 Å². The summed E-state index contributed by atoms with van der Waals surface area (Å²) in [6.07, 6.45) is -0.770. The van der Waals surface area contributed by atoms with Crippen LogP contribution in [-0.2, 0) is 20.9 Å². The predicted octanol–water partition coefficient (Wildman–Crippen LogP) is 1.36. The molecule has 3 unspecified atom stereocenters. The molecule has 2 heterocycles. The van der Waals surface area contributed by atoms with Gasteiger partial charge >= 0.3 is 5.97 Å². The Balaban J connectivity index is 1.73. The molecule has 128 valence electrons. The van der Waals surface area contributed by atoms with Gasteiger partial charge in [-0.25, -0.2) is 9.79 Å². The van der Waals surface area contributed by atoms with E-state index in [1.807, 2.05) is 30.3 Å². The van der Waals surface area contributed by atoms with Crippen molar-refractivity contribution in [2.45, 2.75) is 38.8 Å². The van der Waals surface area contributed by atoms with Crippen LogP contribution >= 0.6 is 0 Å². The van der Waals surface area contributed by atoms with Gasteiger partial charge in [-0.2, -0.15) is 0 Å². The summed E-state index contributed by atoms with van der Waals surface area (Å²) in [4.78, 5) is 16.7. The zero-order chi connectivity index (χ0) is 17.3. The fourth-order valence-corrected chi connectivity index (χ4v) is 2.90. The summed E-state index contributed by atoms with van der Waals surface area (Å²) in [5, 5.41) is 22.0. The molecule has 0 aromatic heterocycles. The van der Waals surface area contributed by atoms with Gasteiger partial charge in [0.2, 0.25) is 5.90 Å². The van der Waals surface area contributed by atoms with Gasteiger partial charge in [0.05, 0.1) is 11.6 Å². The Morgan fingerprint density at radius 2 is 2.08 bits per heavy atom. The van der Waals surface area contributed by atoms with Crippen molar-refractivity contribution >= 4 is 11.9 Å². The fourth-order valence-electron chi connectivity index (χ4n) is 2.90. The van der Waals surface area contributed by atoms with Crippen LogP contribution in [0.15, 0.2) is 46.5 Å². The Morgan fingerprint density at radius 3 is 2.71 bits per heavy atom. The summed E-state index contributed by atoms with van der Waals surface area (Å²) in [5.74, 6) is -0.407. The van der Waals surface area contributed by atoms with E-state index >= 15 is 0 Å². The summed E-state index contributed by atoms with van der Waals surface area (Å²) in [5.41, 5.74) is 1.87. The van der Waals surface area contributed by atoms with Gasteiger partial charge in [0.25, 0.3) is 0 Å². The van der Waals surface area contributed by atoms with E-state index in [4.69, 9.17) is 14.6 Å². The molecule has 7 nitrogen and oxygen atoms in total. The molecule has 24 heavy (non-hydrogen) atoms. The summed E-state index contributed by atoms with van der Waals surface area (Å²) >= 11 is 0. The van der Waals surface area contributed by atoms with Crippen molar-refractivity contribution in [3.8, 4) is 0 Å². The van der Waals surface area contributed by atoms with Gasteiger partial charge in [-0.05, 0) is 19.4 Å². The highest BCUT2D eigenvalue weighted by Crippen LogP contribution is 2.38. The van der Waals surface area contributed by atoms with Gasteiger partial charge in [0.15, 0.2) is 6.23 Å². The molecule has 0 aliphatic carbocycles. The van der Waals surface area contributed by atoms with E-state index in [1.54, 1.807) is 13.8 Å². The maximum absolute atomic E-state index is 12.5. The van der Waals surface area contributed by atoms with Crippen LogP contribution in [0.2, 0.25) is 0 Å². The molecule has 3 atom stereocenters. The van der Waals surface area contributed by atoms with E-state index in [1.165, 1.54) is 0 Å². The standard InChI is InChI=1S/C17H19N2O5/c1-10(2)13(17(21)23-9-11-6-4-3-5-7-11)15-14-16(19(15)22)24-12(8-20)18-14/h3-7,14-16,20H,8-9H2,1-2H3/q-1. The van der Waals surface area contributed by atoms with E-state index < -0.39 is 24.3 Å². The van der Waals surface area contributed by atoms with Crippen LogP contribution in [0.1, 0.15) is 19.4 Å². The third-order valence-corrected chi connectivity index (χ3v) is 4.09. The number of benzene rings is 1. The van der Waals surface area contributed by atoms with Crippen LogP contribution in [0.4, 0.5) is 0 Å². The molecule has 0 amide bonds. The third-order valence-electron chi connectivity index (χ3n) is 4.09. The smallest absolute Gasteiger partial charge is 0.335 e. The van der Waals surface area contributed by atoms with Gasteiger partial charge in [0.1, 0.15) is 19.3 Å². The van der Waals surface area contributed by atoms with Crippen LogP contribution in [-0.4, -0.2) is 47.0 Å². The number of nitrogens with zero attached hydrogens (tertiary/aromatic N) is 2. The second-order valence-corrected chi connectivity index (χ2v) is 5.96. The molecular weight excluding hydrogens is 312 g/mol. The number of allylic oxidation sites excluding steroid dienone is 1. The second-order valence-electron chi connectivity index (χ2n) is 5.96. The Kier molecular flexibility index (Phi) is 4.66. The number of carbonyl (C=O) groups is 1. The number of aliphatic imine (C=N–C) groups is 1. The molecule has 1 saturated heterocycles. The number of esters is 1. The first-order chi connectivity index (χ1) is 11.5. The zero-order valence-electron chi connectivity index (χ0n) is 13.5. The van der Waals surface area contributed by atoms with Crippen molar-refractivity contribution in [2.75, 3.05) is 6.61 Å². The number of hydroxylamine groups is 2. The van der Waals surface area contributed by atoms with Gasteiger partial charge in [0, 0.05) is 0 Å². The van der Waals surface area contributed by atoms with Crippen molar-refractivity contribution < 1.29 is 19.4 Å². The lowest BCUT2D eigenvalue weighted by atomic mass is 9.88. The van der Waals surface area contributed by atoms with Crippen molar-refractivity contribution in [3.05, 3.63) is 52.2 Å². The predicted molar refractivity (Wildman–Crippen MR) is 86.8 cm³/mol. The third kappa shape index (κ3) is 2.93. The molecule has 3 rings (SSSR count). The average molecular weight is 331 g/mol. The molecule has 1 aromatic rings. The number of fused-ring (bicyclic) bond motifs is 1. The SMILES string of the molecule is CC(C)=C(C(=O)OCc1ccccc1)C1C2N=C(CO)OC2N1[O-]. The minimum Gasteiger partial charge on any atom is -0.782 e. The molecular formula is C17H19N2O5-. The average Bonchev–Trinajstić information content (AvgIpc) is 2.97. The minimum absolute atomic E-state index is 0.124. The maximum Gasteiger partial charge on any atom is 0.335 e. The number of carbonyl (C=O) groups excluding carboxylic acids is 1. The molecule has 1 fully saturated rings. The topological polar surface area (TPSA) is 94.4 Å². The molecule has 0 saturated carbocycles. The molecule has 0 bridgehead atoms.